The van der Waals surface area contributed by atoms with E-state index in [1.165, 1.54) is 25.5 Å². The summed E-state index contributed by atoms with van der Waals surface area (Å²) in [4.78, 5) is 12.6. The lowest BCUT2D eigenvalue weighted by atomic mass is 10.2. The highest BCUT2D eigenvalue weighted by Crippen LogP contribution is 2.27. The Morgan fingerprint density at radius 1 is 1.03 bits per heavy atom. The smallest absolute Gasteiger partial charge is 0.255 e. The Kier molecular flexibility index (Phi) is 7.58. The summed E-state index contributed by atoms with van der Waals surface area (Å²) in [5.41, 5.74) is 3.38. The first-order valence-corrected chi connectivity index (χ1v) is 11.1. The molecular weight excluding hydrogens is 430 g/mol. The second-order valence-electron chi connectivity index (χ2n) is 6.76. The maximum Gasteiger partial charge on any atom is 0.255 e. The maximum atomic E-state index is 13.1. The van der Waals surface area contributed by atoms with Crippen molar-refractivity contribution in [3.05, 3.63) is 90.0 Å². The Balaban J connectivity index is 1.76. The predicted molar refractivity (Wildman–Crippen MR) is 121 cm³/mol. The second-order valence-corrected chi connectivity index (χ2v) is 8.70. The number of sulfonamides is 1. The lowest BCUT2D eigenvalue weighted by Crippen LogP contribution is -2.39. The van der Waals surface area contributed by atoms with E-state index < -0.39 is 22.5 Å². The van der Waals surface area contributed by atoms with Gasteiger partial charge in [-0.25, -0.2) is 13.8 Å². The summed E-state index contributed by atoms with van der Waals surface area (Å²) in [5, 5.41) is 13.9. The van der Waals surface area contributed by atoms with Crippen LogP contribution in [-0.2, 0) is 21.4 Å². The van der Waals surface area contributed by atoms with Crippen LogP contribution in [0.3, 0.4) is 0 Å². The summed E-state index contributed by atoms with van der Waals surface area (Å²) >= 11 is 0. The number of hydrogen-bond donors (Lipinski definition) is 2. The number of carbonyl (C=O) groups excluding carboxylic acids is 1. The van der Waals surface area contributed by atoms with E-state index in [2.05, 4.69) is 10.5 Å². The number of hydrogen-bond acceptors (Lipinski definition) is 6. The van der Waals surface area contributed by atoms with E-state index in [0.717, 1.165) is 9.87 Å². The van der Waals surface area contributed by atoms with E-state index in [4.69, 9.17) is 4.74 Å². The van der Waals surface area contributed by atoms with Gasteiger partial charge in [0.25, 0.3) is 5.91 Å². The van der Waals surface area contributed by atoms with Crippen LogP contribution < -0.4 is 10.2 Å². The van der Waals surface area contributed by atoms with Crippen molar-refractivity contribution in [1.82, 2.24) is 9.73 Å². The Hall–Kier alpha value is -3.69. The van der Waals surface area contributed by atoms with Crippen LogP contribution in [0.5, 0.6) is 11.5 Å². The molecule has 9 heteroatoms. The molecule has 0 aliphatic heterocycles. The zero-order valence-electron chi connectivity index (χ0n) is 17.4. The molecule has 3 aromatic rings. The number of rotatable bonds is 9. The summed E-state index contributed by atoms with van der Waals surface area (Å²) in [6.07, 6.45) is 1.25. The normalized spacial score (nSPS) is 11.6. The van der Waals surface area contributed by atoms with Gasteiger partial charge in [-0.3, -0.25) is 4.79 Å². The fourth-order valence-corrected chi connectivity index (χ4v) is 4.34. The van der Waals surface area contributed by atoms with Gasteiger partial charge in [0, 0.05) is 12.1 Å². The topological polar surface area (TPSA) is 108 Å². The van der Waals surface area contributed by atoms with Crippen molar-refractivity contribution in [1.29, 1.82) is 0 Å². The number of nitrogens with one attached hydrogen (secondary N) is 1. The van der Waals surface area contributed by atoms with Crippen LogP contribution in [0.25, 0.3) is 0 Å². The zero-order valence-corrected chi connectivity index (χ0v) is 18.2. The molecule has 2 N–H and O–H groups in total. The van der Waals surface area contributed by atoms with Gasteiger partial charge in [-0.2, -0.15) is 9.41 Å². The number of benzene rings is 3. The number of para-hydroxylation sites is 1. The summed E-state index contributed by atoms with van der Waals surface area (Å²) in [6.45, 7) is -0.417. The SMILES string of the molecule is COc1cccc(/C=N/NC(=O)CN(Cc2ccccc2)S(=O)(=O)c2ccccc2)c1O. The third kappa shape index (κ3) is 5.71. The van der Waals surface area contributed by atoms with Crippen LogP contribution in [0.1, 0.15) is 11.1 Å². The second kappa shape index (κ2) is 10.6. The summed E-state index contributed by atoms with van der Waals surface area (Å²) in [5.74, 6) is -0.479. The fraction of sp³-hybridized carbons (Fsp3) is 0.130. The molecule has 1 amide bonds. The van der Waals surface area contributed by atoms with Crippen molar-refractivity contribution in [3.8, 4) is 11.5 Å². The minimum absolute atomic E-state index is 0.0197. The summed E-state index contributed by atoms with van der Waals surface area (Å²) in [7, 11) is -2.50. The Morgan fingerprint density at radius 2 is 1.69 bits per heavy atom. The molecule has 0 unspecified atom stereocenters. The van der Waals surface area contributed by atoms with E-state index in [9.17, 15) is 18.3 Å². The van der Waals surface area contributed by atoms with E-state index in [0.29, 0.717) is 5.56 Å². The van der Waals surface area contributed by atoms with Crippen LogP contribution in [0.15, 0.2) is 88.9 Å². The van der Waals surface area contributed by atoms with Crippen molar-refractivity contribution in [2.45, 2.75) is 11.4 Å². The van der Waals surface area contributed by atoms with Crippen LogP contribution >= 0.6 is 0 Å². The van der Waals surface area contributed by atoms with Crippen LogP contribution in [0, 0.1) is 0 Å². The fourth-order valence-electron chi connectivity index (χ4n) is 2.93. The zero-order chi connectivity index (χ0) is 23.0. The first-order chi connectivity index (χ1) is 15.4. The van der Waals surface area contributed by atoms with Crippen LogP contribution in [0.2, 0.25) is 0 Å². The van der Waals surface area contributed by atoms with E-state index in [-0.39, 0.29) is 22.9 Å². The first-order valence-electron chi connectivity index (χ1n) is 9.69. The van der Waals surface area contributed by atoms with Crippen molar-refractivity contribution >= 4 is 22.1 Å². The van der Waals surface area contributed by atoms with Crippen molar-refractivity contribution in [3.63, 3.8) is 0 Å². The molecule has 0 saturated carbocycles. The van der Waals surface area contributed by atoms with Gasteiger partial charge in [-0.1, -0.05) is 54.6 Å². The summed E-state index contributed by atoms with van der Waals surface area (Å²) < 4.78 is 32.4. The number of phenols is 1. The highest BCUT2D eigenvalue weighted by molar-refractivity contribution is 7.89. The molecule has 0 aromatic heterocycles. The quantitative estimate of drug-likeness (QED) is 0.383. The largest absolute Gasteiger partial charge is 0.504 e. The molecule has 0 bridgehead atoms. The van der Waals surface area contributed by atoms with Crippen LogP contribution in [-0.4, -0.2) is 43.6 Å². The van der Waals surface area contributed by atoms with Gasteiger partial charge in [-0.05, 0) is 29.8 Å². The minimum atomic E-state index is -3.92. The average Bonchev–Trinajstić information content (AvgIpc) is 2.81. The Labute approximate surface area is 186 Å². The number of carbonyl (C=O) groups is 1. The van der Waals surface area contributed by atoms with Crippen molar-refractivity contribution < 1.29 is 23.1 Å². The molecule has 0 heterocycles. The highest BCUT2D eigenvalue weighted by Gasteiger charge is 2.26. The van der Waals surface area contributed by atoms with E-state index in [1.807, 2.05) is 6.07 Å². The van der Waals surface area contributed by atoms with E-state index in [1.54, 1.807) is 60.7 Å². The number of phenolic OH excluding ortho intramolecular Hbond substituents is 1. The van der Waals surface area contributed by atoms with Crippen molar-refractivity contribution in [2.24, 2.45) is 5.10 Å². The number of aromatic hydroxyl groups is 1. The molecule has 0 aliphatic carbocycles. The lowest BCUT2D eigenvalue weighted by molar-refractivity contribution is -0.121. The van der Waals surface area contributed by atoms with Crippen molar-refractivity contribution in [2.75, 3.05) is 13.7 Å². The average molecular weight is 454 g/mol. The van der Waals surface area contributed by atoms with Gasteiger partial charge < -0.3 is 9.84 Å². The molecule has 0 fully saturated rings. The molecule has 0 radical (unpaired) electrons. The Bertz CT molecular complexity index is 1180. The molecule has 32 heavy (non-hydrogen) atoms. The van der Waals surface area contributed by atoms with E-state index >= 15 is 0 Å². The summed E-state index contributed by atoms with van der Waals surface area (Å²) in [6, 6.07) is 21.8. The molecule has 3 aromatic carbocycles. The van der Waals surface area contributed by atoms with Crippen LogP contribution in [0.4, 0.5) is 0 Å². The molecular formula is C23H23N3O5S. The third-order valence-electron chi connectivity index (χ3n) is 4.55. The number of hydrazone groups is 1. The molecule has 3 rings (SSSR count). The van der Waals surface area contributed by atoms with Gasteiger partial charge in [0.1, 0.15) is 0 Å². The Morgan fingerprint density at radius 3 is 2.34 bits per heavy atom. The monoisotopic (exact) mass is 453 g/mol. The van der Waals surface area contributed by atoms with Gasteiger partial charge in [0.2, 0.25) is 10.0 Å². The standard InChI is InChI=1S/C23H23N3O5S/c1-31-21-14-8-11-19(23(21)28)15-24-25-22(27)17-26(16-18-9-4-2-5-10-18)32(29,30)20-12-6-3-7-13-20/h2-15,28H,16-17H2,1H3,(H,25,27)/b24-15+. The molecule has 0 spiro atoms. The van der Waals surface area contributed by atoms with Gasteiger partial charge in [-0.15, -0.1) is 0 Å². The number of methoxy groups -OCH3 is 1. The predicted octanol–water partition coefficient (Wildman–Crippen LogP) is 2.74. The molecule has 8 nitrogen and oxygen atoms in total. The molecule has 0 saturated heterocycles. The highest BCUT2D eigenvalue weighted by atomic mass is 32.2. The number of ether oxygens (including phenoxy) is 1. The third-order valence-corrected chi connectivity index (χ3v) is 6.35. The minimum Gasteiger partial charge on any atom is -0.504 e. The maximum absolute atomic E-state index is 13.1. The van der Waals surface area contributed by atoms with Gasteiger partial charge in [0.05, 0.1) is 24.8 Å². The number of amides is 1. The number of nitrogens with zero attached hydrogens (tertiary/aromatic N) is 2. The van der Waals surface area contributed by atoms with Gasteiger partial charge in [0.15, 0.2) is 11.5 Å². The first kappa shape index (κ1) is 23.0. The van der Waals surface area contributed by atoms with Gasteiger partial charge >= 0.3 is 0 Å². The molecule has 166 valence electrons. The molecule has 0 atom stereocenters. The molecule has 0 aliphatic rings. The lowest BCUT2D eigenvalue weighted by Gasteiger charge is -2.21.